The van der Waals surface area contributed by atoms with Crippen LogP contribution in [-0.4, -0.2) is 5.91 Å². The molecule has 0 saturated heterocycles. The van der Waals surface area contributed by atoms with E-state index in [1.807, 2.05) is 36.4 Å². The highest BCUT2D eigenvalue weighted by Crippen LogP contribution is 2.25. The van der Waals surface area contributed by atoms with Crippen LogP contribution in [0.15, 0.2) is 40.8 Å². The lowest BCUT2D eigenvalue weighted by Gasteiger charge is -1.98. The van der Waals surface area contributed by atoms with Gasteiger partial charge in [-0.2, -0.15) is 0 Å². The van der Waals surface area contributed by atoms with Gasteiger partial charge in [0.15, 0.2) is 0 Å². The fourth-order valence-corrected chi connectivity index (χ4v) is 1.75. The fourth-order valence-electron chi connectivity index (χ4n) is 1.56. The number of nitrogens with two attached hydrogens (primary N) is 1. The number of carbonyl (C=O) groups excluding carboxylic acids is 1. The van der Waals surface area contributed by atoms with Crippen LogP contribution in [0, 0.1) is 0 Å². The molecule has 1 amide bonds. The molecule has 0 spiro atoms. The molecule has 17 heavy (non-hydrogen) atoms. The predicted octanol–water partition coefficient (Wildman–Crippen LogP) is 3.02. The standard InChI is InChI=1S/C13H12ClNO2/c14-10-3-1-2-9(8-10)12-6-4-11(17-12)5-7-13(15)16/h1-4,6,8H,5,7H2,(H2,15,16). The van der Waals surface area contributed by atoms with Crippen molar-refractivity contribution in [2.75, 3.05) is 0 Å². The molecular weight excluding hydrogens is 238 g/mol. The van der Waals surface area contributed by atoms with E-state index in [0.717, 1.165) is 17.1 Å². The first-order valence-electron chi connectivity index (χ1n) is 5.28. The van der Waals surface area contributed by atoms with Crippen molar-refractivity contribution in [1.29, 1.82) is 0 Å². The highest BCUT2D eigenvalue weighted by atomic mass is 35.5. The van der Waals surface area contributed by atoms with E-state index in [1.54, 1.807) is 0 Å². The largest absolute Gasteiger partial charge is 0.461 e. The minimum Gasteiger partial charge on any atom is -0.461 e. The summed E-state index contributed by atoms with van der Waals surface area (Å²) in [5.41, 5.74) is 6.00. The van der Waals surface area contributed by atoms with E-state index in [2.05, 4.69) is 0 Å². The Hall–Kier alpha value is -1.74. The molecule has 4 heteroatoms. The van der Waals surface area contributed by atoms with Crippen LogP contribution in [0.1, 0.15) is 12.2 Å². The van der Waals surface area contributed by atoms with Crippen molar-refractivity contribution < 1.29 is 9.21 Å². The zero-order chi connectivity index (χ0) is 12.3. The first-order valence-corrected chi connectivity index (χ1v) is 5.66. The first-order chi connectivity index (χ1) is 8.15. The molecule has 0 aliphatic rings. The van der Waals surface area contributed by atoms with Crippen molar-refractivity contribution in [2.45, 2.75) is 12.8 Å². The zero-order valence-corrected chi connectivity index (χ0v) is 9.91. The van der Waals surface area contributed by atoms with Crippen LogP contribution in [0.5, 0.6) is 0 Å². The van der Waals surface area contributed by atoms with Crippen LogP contribution in [0.3, 0.4) is 0 Å². The Bertz CT molecular complexity index is 534. The van der Waals surface area contributed by atoms with E-state index in [-0.39, 0.29) is 5.91 Å². The van der Waals surface area contributed by atoms with E-state index < -0.39 is 0 Å². The molecule has 0 saturated carbocycles. The Morgan fingerprint density at radius 3 is 2.82 bits per heavy atom. The number of aryl methyl sites for hydroxylation is 1. The number of hydrogen-bond donors (Lipinski definition) is 1. The van der Waals surface area contributed by atoms with Gasteiger partial charge >= 0.3 is 0 Å². The predicted molar refractivity (Wildman–Crippen MR) is 66.7 cm³/mol. The number of hydrogen-bond acceptors (Lipinski definition) is 2. The summed E-state index contributed by atoms with van der Waals surface area (Å²) < 4.78 is 5.61. The number of primary amides is 1. The molecular formula is C13H12ClNO2. The van der Waals surface area contributed by atoms with Crippen molar-refractivity contribution in [1.82, 2.24) is 0 Å². The maximum atomic E-state index is 10.7. The van der Waals surface area contributed by atoms with Crippen molar-refractivity contribution in [3.63, 3.8) is 0 Å². The van der Waals surface area contributed by atoms with Crippen LogP contribution in [0.25, 0.3) is 11.3 Å². The van der Waals surface area contributed by atoms with Crippen LogP contribution >= 0.6 is 11.6 Å². The molecule has 0 aliphatic heterocycles. The summed E-state index contributed by atoms with van der Waals surface area (Å²) in [6.07, 6.45) is 0.818. The second-order valence-electron chi connectivity index (χ2n) is 3.74. The third-order valence-corrected chi connectivity index (χ3v) is 2.62. The Labute approximate surface area is 104 Å². The van der Waals surface area contributed by atoms with Gasteiger partial charge in [-0.15, -0.1) is 0 Å². The van der Waals surface area contributed by atoms with Gasteiger partial charge in [-0.25, -0.2) is 0 Å². The van der Waals surface area contributed by atoms with E-state index >= 15 is 0 Å². The average molecular weight is 250 g/mol. The van der Waals surface area contributed by atoms with Gasteiger partial charge in [0.1, 0.15) is 11.5 Å². The second-order valence-corrected chi connectivity index (χ2v) is 4.18. The van der Waals surface area contributed by atoms with Crippen molar-refractivity contribution in [3.8, 4) is 11.3 Å². The summed E-state index contributed by atoms with van der Waals surface area (Å²) in [6, 6.07) is 11.1. The van der Waals surface area contributed by atoms with Gasteiger partial charge in [0.2, 0.25) is 5.91 Å². The minimum absolute atomic E-state index is 0.294. The second kappa shape index (κ2) is 5.06. The highest BCUT2D eigenvalue weighted by Gasteiger charge is 2.06. The molecule has 1 heterocycles. The van der Waals surface area contributed by atoms with E-state index in [4.69, 9.17) is 21.8 Å². The Kier molecular flexibility index (Phi) is 3.49. The van der Waals surface area contributed by atoms with Gasteiger partial charge < -0.3 is 10.2 Å². The maximum Gasteiger partial charge on any atom is 0.217 e. The monoisotopic (exact) mass is 249 g/mol. The van der Waals surface area contributed by atoms with Gasteiger partial charge in [0, 0.05) is 23.4 Å². The van der Waals surface area contributed by atoms with Gasteiger partial charge in [-0.3, -0.25) is 4.79 Å². The number of amides is 1. The van der Waals surface area contributed by atoms with Gasteiger partial charge in [0.25, 0.3) is 0 Å². The average Bonchev–Trinajstić information content (AvgIpc) is 2.75. The Balaban J connectivity index is 2.15. The molecule has 2 aromatic rings. The molecule has 0 radical (unpaired) electrons. The van der Waals surface area contributed by atoms with Gasteiger partial charge in [-0.05, 0) is 24.3 Å². The summed E-state index contributed by atoms with van der Waals surface area (Å²) in [4.78, 5) is 10.7. The lowest BCUT2D eigenvalue weighted by molar-refractivity contribution is -0.118. The Morgan fingerprint density at radius 1 is 1.29 bits per heavy atom. The fraction of sp³-hybridized carbons (Fsp3) is 0.154. The van der Waals surface area contributed by atoms with E-state index in [1.165, 1.54) is 0 Å². The molecule has 0 aliphatic carbocycles. The summed E-state index contributed by atoms with van der Waals surface area (Å²) in [5, 5.41) is 0.664. The summed E-state index contributed by atoms with van der Waals surface area (Å²) in [6.45, 7) is 0. The maximum absolute atomic E-state index is 10.7. The lowest BCUT2D eigenvalue weighted by Crippen LogP contribution is -2.10. The molecule has 0 atom stereocenters. The third kappa shape index (κ3) is 3.11. The van der Waals surface area contributed by atoms with Crippen molar-refractivity contribution in [3.05, 3.63) is 47.2 Å². The molecule has 0 unspecified atom stereocenters. The SMILES string of the molecule is NC(=O)CCc1ccc(-c2cccc(Cl)c2)o1. The van der Waals surface area contributed by atoms with E-state index in [9.17, 15) is 4.79 Å². The molecule has 3 nitrogen and oxygen atoms in total. The number of furan rings is 1. The smallest absolute Gasteiger partial charge is 0.217 e. The molecule has 2 N–H and O–H groups in total. The quantitative estimate of drug-likeness (QED) is 0.906. The van der Waals surface area contributed by atoms with Crippen LogP contribution in [0.4, 0.5) is 0 Å². The summed E-state index contributed by atoms with van der Waals surface area (Å²) >= 11 is 5.90. The highest BCUT2D eigenvalue weighted by molar-refractivity contribution is 6.30. The normalized spacial score (nSPS) is 10.4. The van der Waals surface area contributed by atoms with Crippen LogP contribution in [0.2, 0.25) is 5.02 Å². The van der Waals surface area contributed by atoms with Crippen molar-refractivity contribution >= 4 is 17.5 Å². The van der Waals surface area contributed by atoms with Crippen LogP contribution < -0.4 is 5.73 Å². The molecule has 88 valence electrons. The molecule has 0 bridgehead atoms. The molecule has 1 aromatic heterocycles. The van der Waals surface area contributed by atoms with Crippen molar-refractivity contribution in [2.24, 2.45) is 5.73 Å². The first kappa shape index (κ1) is 11.7. The summed E-state index contributed by atoms with van der Waals surface area (Å²) in [5.74, 6) is 1.16. The Morgan fingerprint density at radius 2 is 2.12 bits per heavy atom. The number of carbonyl (C=O) groups is 1. The molecule has 0 fully saturated rings. The van der Waals surface area contributed by atoms with E-state index in [0.29, 0.717) is 17.9 Å². The minimum atomic E-state index is -0.328. The zero-order valence-electron chi connectivity index (χ0n) is 9.15. The number of benzene rings is 1. The number of rotatable bonds is 4. The van der Waals surface area contributed by atoms with Gasteiger partial charge in [-0.1, -0.05) is 23.7 Å². The van der Waals surface area contributed by atoms with Gasteiger partial charge in [0.05, 0.1) is 0 Å². The lowest BCUT2D eigenvalue weighted by atomic mass is 10.2. The topological polar surface area (TPSA) is 56.2 Å². The summed E-state index contributed by atoms with van der Waals surface area (Å²) in [7, 11) is 0. The van der Waals surface area contributed by atoms with Crippen LogP contribution in [-0.2, 0) is 11.2 Å². The number of halogens is 1. The molecule has 2 rings (SSSR count). The molecule has 1 aromatic carbocycles. The third-order valence-electron chi connectivity index (χ3n) is 2.39.